The summed E-state index contributed by atoms with van der Waals surface area (Å²) in [6.45, 7) is 2.20. The van der Waals surface area contributed by atoms with Crippen LogP contribution in [0, 0.1) is 0 Å². The van der Waals surface area contributed by atoms with E-state index in [-0.39, 0.29) is 12.4 Å². The third-order valence-electron chi connectivity index (χ3n) is 3.44. The largest absolute Gasteiger partial charge is 0.497 e. The minimum Gasteiger partial charge on any atom is -0.497 e. The molecular formula is C18H17NO3S2. The van der Waals surface area contributed by atoms with Crippen molar-refractivity contribution in [3.63, 3.8) is 0 Å². The van der Waals surface area contributed by atoms with Gasteiger partial charge in [-0.05, 0) is 42.6 Å². The molecule has 0 N–H and O–H groups in total. The van der Waals surface area contributed by atoms with E-state index in [4.69, 9.17) is 14.5 Å². The molecule has 0 aliphatic heterocycles. The predicted molar refractivity (Wildman–Crippen MR) is 97.8 cm³/mol. The molecule has 0 amide bonds. The summed E-state index contributed by atoms with van der Waals surface area (Å²) in [5, 5.41) is 4.94. The van der Waals surface area contributed by atoms with Gasteiger partial charge in [-0.1, -0.05) is 0 Å². The van der Waals surface area contributed by atoms with Gasteiger partial charge < -0.3 is 9.47 Å². The number of benzene rings is 1. The maximum Gasteiger partial charge on any atom is 0.311 e. The Bertz CT molecular complexity index is 807. The molecule has 124 valence electrons. The molecule has 0 radical (unpaired) electrons. The second-order valence-corrected chi connectivity index (χ2v) is 6.88. The van der Waals surface area contributed by atoms with E-state index in [9.17, 15) is 4.79 Å². The first-order chi connectivity index (χ1) is 11.7. The van der Waals surface area contributed by atoms with E-state index in [1.807, 2.05) is 48.0 Å². The highest BCUT2D eigenvalue weighted by molar-refractivity contribution is 7.15. The summed E-state index contributed by atoms with van der Waals surface area (Å²) >= 11 is 3.14. The maximum absolute atomic E-state index is 11.9. The van der Waals surface area contributed by atoms with Crippen molar-refractivity contribution in [1.82, 2.24) is 4.98 Å². The Hall–Kier alpha value is -2.18. The number of nitrogens with zero attached hydrogens (tertiary/aromatic N) is 1. The lowest BCUT2D eigenvalue weighted by atomic mass is 10.2. The van der Waals surface area contributed by atoms with Crippen molar-refractivity contribution >= 4 is 28.6 Å². The van der Waals surface area contributed by atoms with Crippen LogP contribution in [-0.2, 0) is 16.0 Å². The van der Waals surface area contributed by atoms with Gasteiger partial charge in [0.05, 0.1) is 25.8 Å². The van der Waals surface area contributed by atoms with E-state index in [2.05, 4.69) is 0 Å². The summed E-state index contributed by atoms with van der Waals surface area (Å²) in [6.07, 6.45) is 0.243. The van der Waals surface area contributed by atoms with E-state index in [0.717, 1.165) is 32.5 Å². The van der Waals surface area contributed by atoms with E-state index >= 15 is 0 Å². The summed E-state index contributed by atoms with van der Waals surface area (Å²) in [5.41, 5.74) is 2.91. The molecule has 0 spiro atoms. The van der Waals surface area contributed by atoms with Gasteiger partial charge in [0.1, 0.15) is 10.8 Å². The standard InChI is InChI=1S/C18H17NO3S2/c1-3-22-16(20)10-15-17(13-8-9-23-11-13)19-18(24-15)12-4-6-14(21-2)7-5-12/h4-9,11H,3,10H2,1-2H3. The molecular weight excluding hydrogens is 342 g/mol. The number of thiophene rings is 1. The van der Waals surface area contributed by atoms with E-state index in [1.54, 1.807) is 18.4 Å². The quantitative estimate of drug-likeness (QED) is 0.601. The number of esters is 1. The van der Waals surface area contributed by atoms with Crippen LogP contribution in [0.2, 0.25) is 0 Å². The van der Waals surface area contributed by atoms with E-state index < -0.39 is 0 Å². The first-order valence-electron chi connectivity index (χ1n) is 7.53. The Labute approximate surface area is 148 Å². The highest BCUT2D eigenvalue weighted by Crippen LogP contribution is 2.35. The first kappa shape index (κ1) is 16.7. The molecule has 0 bridgehead atoms. The van der Waals surface area contributed by atoms with Crippen LogP contribution in [0.25, 0.3) is 21.8 Å². The molecule has 0 atom stereocenters. The van der Waals surface area contributed by atoms with Crippen LogP contribution in [0.15, 0.2) is 41.1 Å². The topological polar surface area (TPSA) is 48.4 Å². The van der Waals surface area contributed by atoms with Crippen LogP contribution in [0.5, 0.6) is 5.75 Å². The highest BCUT2D eigenvalue weighted by atomic mass is 32.1. The summed E-state index contributed by atoms with van der Waals surface area (Å²) in [4.78, 5) is 17.6. The van der Waals surface area contributed by atoms with Gasteiger partial charge in [-0.3, -0.25) is 4.79 Å². The Morgan fingerprint density at radius 1 is 1.17 bits per heavy atom. The van der Waals surface area contributed by atoms with Crippen molar-refractivity contribution in [2.45, 2.75) is 13.3 Å². The zero-order valence-electron chi connectivity index (χ0n) is 13.4. The number of methoxy groups -OCH3 is 1. The third kappa shape index (κ3) is 3.66. The van der Waals surface area contributed by atoms with Gasteiger partial charge in [-0.25, -0.2) is 4.98 Å². The summed E-state index contributed by atoms with van der Waals surface area (Å²) < 4.78 is 10.3. The van der Waals surface area contributed by atoms with Crippen LogP contribution in [-0.4, -0.2) is 24.7 Å². The summed E-state index contributed by atoms with van der Waals surface area (Å²) in [6, 6.07) is 9.79. The Morgan fingerprint density at radius 2 is 1.96 bits per heavy atom. The zero-order valence-corrected chi connectivity index (χ0v) is 15.1. The fraction of sp³-hybridized carbons (Fsp3) is 0.222. The molecule has 0 saturated heterocycles. The summed E-state index contributed by atoms with van der Waals surface area (Å²) in [5.74, 6) is 0.582. The average Bonchev–Trinajstić information content (AvgIpc) is 3.24. The number of rotatable bonds is 6. The minimum atomic E-state index is -0.223. The molecule has 24 heavy (non-hydrogen) atoms. The Kier molecular flexibility index (Phi) is 5.27. The minimum absolute atomic E-state index is 0.223. The van der Waals surface area contributed by atoms with Crippen molar-refractivity contribution < 1.29 is 14.3 Å². The lowest BCUT2D eigenvalue weighted by Crippen LogP contribution is -2.07. The van der Waals surface area contributed by atoms with Gasteiger partial charge in [0.15, 0.2) is 0 Å². The molecule has 0 aliphatic rings. The number of carbonyl (C=O) groups is 1. The van der Waals surface area contributed by atoms with Crippen LogP contribution in [0.1, 0.15) is 11.8 Å². The van der Waals surface area contributed by atoms with Gasteiger partial charge in [0.2, 0.25) is 0 Å². The van der Waals surface area contributed by atoms with Crippen LogP contribution >= 0.6 is 22.7 Å². The van der Waals surface area contributed by atoms with Crippen LogP contribution in [0.4, 0.5) is 0 Å². The number of ether oxygens (including phenoxy) is 2. The monoisotopic (exact) mass is 359 g/mol. The normalized spacial score (nSPS) is 10.6. The number of carbonyl (C=O) groups excluding carboxylic acids is 1. The molecule has 1 aromatic carbocycles. The number of hydrogen-bond donors (Lipinski definition) is 0. The molecule has 2 aromatic heterocycles. The van der Waals surface area contributed by atoms with Gasteiger partial charge in [-0.2, -0.15) is 11.3 Å². The van der Waals surface area contributed by atoms with Crippen molar-refractivity contribution in [3.8, 4) is 27.6 Å². The second kappa shape index (κ2) is 7.59. The second-order valence-electron chi connectivity index (χ2n) is 5.01. The SMILES string of the molecule is CCOC(=O)Cc1sc(-c2ccc(OC)cc2)nc1-c1ccsc1. The molecule has 6 heteroatoms. The molecule has 0 fully saturated rings. The first-order valence-corrected chi connectivity index (χ1v) is 9.29. The molecule has 0 saturated carbocycles. The van der Waals surface area contributed by atoms with E-state index in [1.165, 1.54) is 11.3 Å². The predicted octanol–water partition coefficient (Wildman–Crippen LogP) is 4.65. The maximum atomic E-state index is 11.9. The van der Waals surface area contributed by atoms with Crippen LogP contribution < -0.4 is 4.74 Å². The number of thiazole rings is 1. The van der Waals surface area contributed by atoms with Crippen LogP contribution in [0.3, 0.4) is 0 Å². The fourth-order valence-electron chi connectivity index (χ4n) is 2.30. The van der Waals surface area contributed by atoms with E-state index in [0.29, 0.717) is 6.61 Å². The molecule has 0 aliphatic carbocycles. The van der Waals surface area contributed by atoms with Crippen molar-refractivity contribution in [1.29, 1.82) is 0 Å². The van der Waals surface area contributed by atoms with Crippen molar-refractivity contribution in [2.75, 3.05) is 13.7 Å². The Morgan fingerprint density at radius 3 is 2.58 bits per heavy atom. The molecule has 2 heterocycles. The molecule has 4 nitrogen and oxygen atoms in total. The smallest absolute Gasteiger partial charge is 0.311 e. The third-order valence-corrected chi connectivity index (χ3v) is 5.23. The van der Waals surface area contributed by atoms with Crippen molar-refractivity contribution in [2.24, 2.45) is 0 Å². The number of aromatic nitrogens is 1. The highest BCUT2D eigenvalue weighted by Gasteiger charge is 2.18. The number of hydrogen-bond acceptors (Lipinski definition) is 6. The average molecular weight is 359 g/mol. The fourth-order valence-corrected chi connectivity index (χ4v) is 4.01. The zero-order chi connectivity index (χ0) is 16.9. The van der Waals surface area contributed by atoms with Crippen molar-refractivity contribution in [3.05, 3.63) is 46.0 Å². The molecule has 3 aromatic rings. The lowest BCUT2D eigenvalue weighted by molar-refractivity contribution is -0.142. The summed E-state index contributed by atoms with van der Waals surface area (Å²) in [7, 11) is 1.64. The van der Waals surface area contributed by atoms with Gasteiger partial charge in [0.25, 0.3) is 0 Å². The van der Waals surface area contributed by atoms with Gasteiger partial charge in [-0.15, -0.1) is 11.3 Å². The molecule has 3 rings (SSSR count). The Balaban J connectivity index is 1.97. The van der Waals surface area contributed by atoms with Gasteiger partial charge in [0, 0.05) is 21.4 Å². The van der Waals surface area contributed by atoms with Gasteiger partial charge >= 0.3 is 5.97 Å². The lowest BCUT2D eigenvalue weighted by Gasteiger charge is -2.01. The molecule has 0 unspecified atom stereocenters.